The van der Waals surface area contributed by atoms with E-state index in [4.69, 9.17) is 10.6 Å². The molecule has 0 bridgehead atoms. The zero-order valence-electron chi connectivity index (χ0n) is 11.8. The van der Waals surface area contributed by atoms with Gasteiger partial charge in [0.15, 0.2) is 0 Å². The van der Waals surface area contributed by atoms with Crippen LogP contribution in [-0.4, -0.2) is 13.2 Å². The molecule has 0 aliphatic rings. The van der Waals surface area contributed by atoms with E-state index in [0.29, 0.717) is 5.56 Å². The molecule has 0 spiro atoms. The lowest BCUT2D eigenvalue weighted by atomic mass is 9.82. The van der Waals surface area contributed by atoms with Crippen molar-refractivity contribution in [2.45, 2.75) is 39.8 Å². The van der Waals surface area contributed by atoms with Crippen LogP contribution < -0.4 is 11.3 Å². The van der Waals surface area contributed by atoms with E-state index in [9.17, 15) is 4.39 Å². The second-order valence-electron chi connectivity index (χ2n) is 5.69. The molecule has 0 radical (unpaired) electrons. The van der Waals surface area contributed by atoms with Crippen molar-refractivity contribution in [2.75, 3.05) is 7.11 Å². The van der Waals surface area contributed by atoms with Crippen molar-refractivity contribution < 1.29 is 9.13 Å². The van der Waals surface area contributed by atoms with Crippen LogP contribution in [0.1, 0.15) is 37.9 Å². The van der Waals surface area contributed by atoms with E-state index in [2.05, 4.69) is 5.43 Å². The number of rotatable bonds is 4. The molecule has 2 atom stereocenters. The molecule has 4 heteroatoms. The molecule has 1 aromatic carbocycles. The lowest BCUT2D eigenvalue weighted by Crippen LogP contribution is -2.44. The largest absolute Gasteiger partial charge is 0.379 e. The summed E-state index contributed by atoms with van der Waals surface area (Å²) in [5.41, 5.74) is 4.06. The Kier molecular flexibility index (Phi) is 4.85. The first-order valence-electron chi connectivity index (χ1n) is 6.06. The number of nitrogens with one attached hydrogen (secondary N) is 1. The lowest BCUT2D eigenvalue weighted by Gasteiger charge is -2.36. The molecule has 3 N–H and O–H groups in total. The van der Waals surface area contributed by atoms with Gasteiger partial charge in [-0.25, -0.2) is 4.39 Å². The summed E-state index contributed by atoms with van der Waals surface area (Å²) >= 11 is 0. The average molecular weight is 254 g/mol. The average Bonchev–Trinajstić information content (AvgIpc) is 2.27. The molecule has 0 amide bonds. The maximum atomic E-state index is 13.9. The van der Waals surface area contributed by atoms with Gasteiger partial charge in [0.05, 0.1) is 12.1 Å². The molecule has 0 heterocycles. The molecule has 2 unspecified atom stereocenters. The summed E-state index contributed by atoms with van der Waals surface area (Å²) in [5, 5.41) is 0. The number of hydrogen-bond donors (Lipinski definition) is 2. The molecular formula is C14H23FN2O. The number of halogens is 1. The van der Waals surface area contributed by atoms with Gasteiger partial charge in [-0.3, -0.25) is 11.3 Å². The fourth-order valence-electron chi connectivity index (χ4n) is 2.23. The standard InChI is InChI=1S/C14H23FN2O/c1-9-6-7-11(15)10(8-9)12(17-16)13(18-5)14(2,3)4/h6-8,12-13,17H,16H2,1-5H3. The van der Waals surface area contributed by atoms with Crippen LogP contribution in [0, 0.1) is 18.2 Å². The Morgan fingerprint density at radius 3 is 2.39 bits per heavy atom. The van der Waals surface area contributed by atoms with Gasteiger partial charge in [0.2, 0.25) is 0 Å². The van der Waals surface area contributed by atoms with Crippen LogP contribution in [0.25, 0.3) is 0 Å². The van der Waals surface area contributed by atoms with Gasteiger partial charge in [-0.1, -0.05) is 38.5 Å². The molecule has 0 fully saturated rings. The van der Waals surface area contributed by atoms with Gasteiger partial charge in [-0.05, 0) is 18.4 Å². The van der Waals surface area contributed by atoms with Gasteiger partial charge < -0.3 is 4.74 Å². The number of ether oxygens (including phenoxy) is 1. The quantitative estimate of drug-likeness (QED) is 0.641. The smallest absolute Gasteiger partial charge is 0.128 e. The van der Waals surface area contributed by atoms with E-state index in [-0.39, 0.29) is 23.4 Å². The van der Waals surface area contributed by atoms with Crippen LogP contribution >= 0.6 is 0 Å². The Hall–Kier alpha value is -0.970. The number of benzene rings is 1. The van der Waals surface area contributed by atoms with Crippen LogP contribution in [-0.2, 0) is 4.74 Å². The molecule has 1 rings (SSSR count). The molecule has 18 heavy (non-hydrogen) atoms. The first-order chi connectivity index (χ1) is 8.31. The highest BCUT2D eigenvalue weighted by molar-refractivity contribution is 5.28. The van der Waals surface area contributed by atoms with E-state index in [1.807, 2.05) is 27.7 Å². The Morgan fingerprint density at radius 1 is 1.33 bits per heavy atom. The fraction of sp³-hybridized carbons (Fsp3) is 0.571. The van der Waals surface area contributed by atoms with Crippen molar-refractivity contribution >= 4 is 0 Å². The molecule has 0 aliphatic carbocycles. The van der Waals surface area contributed by atoms with Crippen molar-refractivity contribution in [3.63, 3.8) is 0 Å². The van der Waals surface area contributed by atoms with Crippen LogP contribution in [0.2, 0.25) is 0 Å². The van der Waals surface area contributed by atoms with Gasteiger partial charge >= 0.3 is 0 Å². The highest BCUT2D eigenvalue weighted by atomic mass is 19.1. The minimum Gasteiger partial charge on any atom is -0.379 e. The van der Waals surface area contributed by atoms with Crippen LogP contribution in [0.3, 0.4) is 0 Å². The maximum absolute atomic E-state index is 13.9. The Morgan fingerprint density at radius 2 is 1.94 bits per heavy atom. The van der Waals surface area contributed by atoms with Gasteiger partial charge in [-0.15, -0.1) is 0 Å². The third-order valence-electron chi connectivity index (χ3n) is 3.08. The zero-order valence-corrected chi connectivity index (χ0v) is 11.8. The third-order valence-corrected chi connectivity index (χ3v) is 3.08. The molecule has 0 aliphatic heterocycles. The zero-order chi connectivity index (χ0) is 13.9. The van der Waals surface area contributed by atoms with Crippen molar-refractivity contribution in [2.24, 2.45) is 11.3 Å². The normalized spacial score (nSPS) is 15.5. The minimum absolute atomic E-state index is 0.151. The molecule has 0 saturated carbocycles. The number of methoxy groups -OCH3 is 1. The third kappa shape index (κ3) is 3.28. The monoisotopic (exact) mass is 254 g/mol. The Balaban J connectivity index is 3.19. The van der Waals surface area contributed by atoms with Crippen molar-refractivity contribution in [1.82, 2.24) is 5.43 Å². The molecule has 0 aromatic heterocycles. The van der Waals surface area contributed by atoms with Gasteiger partial charge in [0.25, 0.3) is 0 Å². The summed E-state index contributed by atoms with van der Waals surface area (Å²) in [5.74, 6) is 5.33. The number of hydrogen-bond acceptors (Lipinski definition) is 3. The van der Waals surface area contributed by atoms with E-state index in [0.717, 1.165) is 5.56 Å². The molecule has 102 valence electrons. The Labute approximate surface area is 108 Å². The number of nitrogens with two attached hydrogens (primary N) is 1. The fourth-order valence-corrected chi connectivity index (χ4v) is 2.23. The van der Waals surface area contributed by atoms with Crippen molar-refractivity contribution in [3.05, 3.63) is 35.1 Å². The maximum Gasteiger partial charge on any atom is 0.128 e. The van der Waals surface area contributed by atoms with E-state index < -0.39 is 0 Å². The van der Waals surface area contributed by atoms with E-state index in [1.165, 1.54) is 6.07 Å². The topological polar surface area (TPSA) is 47.3 Å². The summed E-state index contributed by atoms with van der Waals surface area (Å²) in [7, 11) is 1.62. The summed E-state index contributed by atoms with van der Waals surface area (Å²) < 4.78 is 19.4. The van der Waals surface area contributed by atoms with Gasteiger partial charge in [0, 0.05) is 12.7 Å². The molecule has 0 saturated heterocycles. The van der Waals surface area contributed by atoms with E-state index in [1.54, 1.807) is 19.2 Å². The van der Waals surface area contributed by atoms with Crippen LogP contribution in [0.15, 0.2) is 18.2 Å². The first kappa shape index (κ1) is 15.1. The molecular weight excluding hydrogens is 231 g/mol. The SMILES string of the molecule is COC(C(NN)c1cc(C)ccc1F)C(C)(C)C. The van der Waals surface area contributed by atoms with Crippen LogP contribution in [0.4, 0.5) is 4.39 Å². The summed E-state index contributed by atoms with van der Waals surface area (Å²) in [6, 6.07) is 4.63. The predicted octanol–water partition coefficient (Wildman–Crippen LogP) is 2.70. The summed E-state index contributed by atoms with van der Waals surface area (Å²) in [6.07, 6.45) is -0.223. The first-order valence-corrected chi connectivity index (χ1v) is 6.06. The molecule has 1 aromatic rings. The summed E-state index contributed by atoms with van der Waals surface area (Å²) in [6.45, 7) is 8.05. The molecule has 3 nitrogen and oxygen atoms in total. The van der Waals surface area contributed by atoms with Crippen molar-refractivity contribution in [3.8, 4) is 0 Å². The number of hydrazine groups is 1. The second kappa shape index (κ2) is 5.78. The highest BCUT2D eigenvalue weighted by Crippen LogP contribution is 2.33. The van der Waals surface area contributed by atoms with Crippen LogP contribution in [0.5, 0.6) is 0 Å². The predicted molar refractivity (Wildman–Crippen MR) is 71.5 cm³/mol. The van der Waals surface area contributed by atoms with E-state index >= 15 is 0 Å². The minimum atomic E-state index is -0.380. The Bertz CT molecular complexity index is 401. The van der Waals surface area contributed by atoms with Gasteiger partial charge in [-0.2, -0.15) is 0 Å². The number of aryl methyl sites for hydroxylation is 1. The highest BCUT2D eigenvalue weighted by Gasteiger charge is 2.34. The second-order valence-corrected chi connectivity index (χ2v) is 5.69. The van der Waals surface area contributed by atoms with Gasteiger partial charge in [0.1, 0.15) is 5.82 Å². The lowest BCUT2D eigenvalue weighted by molar-refractivity contribution is -0.0128. The van der Waals surface area contributed by atoms with Crippen molar-refractivity contribution in [1.29, 1.82) is 0 Å². The summed E-state index contributed by atoms with van der Waals surface area (Å²) in [4.78, 5) is 0.